The van der Waals surface area contributed by atoms with Gasteiger partial charge in [-0.05, 0) is 49.9 Å². The van der Waals surface area contributed by atoms with Gasteiger partial charge in [-0.15, -0.1) is 0 Å². The summed E-state index contributed by atoms with van der Waals surface area (Å²) in [6, 6.07) is 14.7. The van der Waals surface area contributed by atoms with Crippen molar-refractivity contribution in [2.24, 2.45) is 0 Å². The van der Waals surface area contributed by atoms with Crippen LogP contribution in [0.3, 0.4) is 0 Å². The summed E-state index contributed by atoms with van der Waals surface area (Å²) in [7, 11) is 0. The summed E-state index contributed by atoms with van der Waals surface area (Å²) in [6.07, 6.45) is 0.996. The highest BCUT2D eigenvalue weighted by Crippen LogP contribution is 2.19. The summed E-state index contributed by atoms with van der Waals surface area (Å²) in [5.74, 6) is -0.265. The Labute approximate surface area is 172 Å². The summed E-state index contributed by atoms with van der Waals surface area (Å²) < 4.78 is 0. The molecule has 0 fully saturated rings. The minimum Gasteiger partial charge on any atom is -0.352 e. The second-order valence-electron chi connectivity index (χ2n) is 7.21. The van der Waals surface area contributed by atoms with Crippen molar-refractivity contribution in [1.82, 2.24) is 10.2 Å². The number of carbonyl (C=O) groups excluding carboxylic acids is 2. The SMILES string of the molecule is CC[C@H](C)NC(=O)[C@@H](C)N(Cc1ccccc1C)C(=O)Cc1ccccc1Cl. The molecule has 2 atom stereocenters. The lowest BCUT2D eigenvalue weighted by molar-refractivity contribution is -0.140. The zero-order valence-electron chi connectivity index (χ0n) is 17.0. The molecule has 0 aliphatic carbocycles. The number of hydrogen-bond acceptors (Lipinski definition) is 2. The number of halogens is 1. The zero-order chi connectivity index (χ0) is 20.7. The van der Waals surface area contributed by atoms with Crippen molar-refractivity contribution < 1.29 is 9.59 Å². The minimum absolute atomic E-state index is 0.0638. The minimum atomic E-state index is -0.580. The molecule has 0 heterocycles. The Kier molecular flexibility index (Phi) is 8.06. The first-order valence-electron chi connectivity index (χ1n) is 9.71. The van der Waals surface area contributed by atoms with E-state index in [1.54, 1.807) is 17.9 Å². The van der Waals surface area contributed by atoms with Crippen LogP contribution >= 0.6 is 11.6 Å². The average Bonchev–Trinajstić information content (AvgIpc) is 2.68. The number of benzene rings is 2. The Bertz CT molecular complexity index is 822. The molecule has 0 unspecified atom stereocenters. The largest absolute Gasteiger partial charge is 0.352 e. The Hall–Kier alpha value is -2.33. The molecule has 0 aliphatic rings. The van der Waals surface area contributed by atoms with Gasteiger partial charge in [0.1, 0.15) is 6.04 Å². The third-order valence-electron chi connectivity index (χ3n) is 5.07. The van der Waals surface area contributed by atoms with Crippen molar-refractivity contribution in [3.05, 3.63) is 70.2 Å². The highest BCUT2D eigenvalue weighted by Gasteiger charge is 2.27. The van der Waals surface area contributed by atoms with Gasteiger partial charge in [0.05, 0.1) is 6.42 Å². The Morgan fingerprint density at radius 1 is 1.04 bits per heavy atom. The molecule has 2 aromatic carbocycles. The quantitative estimate of drug-likeness (QED) is 0.708. The van der Waals surface area contributed by atoms with E-state index in [2.05, 4.69) is 5.32 Å². The molecule has 1 N–H and O–H groups in total. The summed E-state index contributed by atoms with van der Waals surface area (Å²) in [5.41, 5.74) is 2.88. The lowest BCUT2D eigenvalue weighted by Crippen LogP contribution is -2.50. The smallest absolute Gasteiger partial charge is 0.242 e. The van der Waals surface area contributed by atoms with Crippen LogP contribution in [0.1, 0.15) is 43.9 Å². The highest BCUT2D eigenvalue weighted by atomic mass is 35.5. The second-order valence-corrected chi connectivity index (χ2v) is 7.62. The van der Waals surface area contributed by atoms with E-state index < -0.39 is 6.04 Å². The molecule has 4 nitrogen and oxygen atoms in total. The standard InChI is InChI=1S/C23H29ClN2O2/c1-5-17(3)25-23(28)18(4)26(15-20-12-7-6-10-16(20)2)22(27)14-19-11-8-9-13-21(19)24/h6-13,17-18H,5,14-15H2,1-4H3,(H,25,28)/t17-,18+/m0/s1. The van der Waals surface area contributed by atoms with Gasteiger partial charge in [0.25, 0.3) is 0 Å². The maximum atomic E-state index is 13.2. The van der Waals surface area contributed by atoms with E-state index in [9.17, 15) is 9.59 Å². The van der Waals surface area contributed by atoms with Crippen LogP contribution in [0.4, 0.5) is 0 Å². The van der Waals surface area contributed by atoms with Crippen LogP contribution in [0.5, 0.6) is 0 Å². The first kappa shape index (κ1) is 22.0. The fourth-order valence-corrected chi connectivity index (χ4v) is 3.13. The van der Waals surface area contributed by atoms with Crippen molar-refractivity contribution in [3.8, 4) is 0 Å². The van der Waals surface area contributed by atoms with Crippen molar-refractivity contribution in [1.29, 1.82) is 0 Å². The molecule has 2 amide bonds. The molecule has 0 saturated heterocycles. The maximum absolute atomic E-state index is 13.2. The molecule has 2 rings (SSSR count). The van der Waals surface area contributed by atoms with Crippen LogP contribution in [0, 0.1) is 6.92 Å². The topological polar surface area (TPSA) is 49.4 Å². The monoisotopic (exact) mass is 400 g/mol. The van der Waals surface area contributed by atoms with E-state index in [4.69, 9.17) is 11.6 Å². The number of nitrogens with zero attached hydrogens (tertiary/aromatic N) is 1. The number of rotatable bonds is 8. The summed E-state index contributed by atoms with van der Waals surface area (Å²) in [6.45, 7) is 8.15. The Morgan fingerprint density at radius 2 is 1.64 bits per heavy atom. The molecular formula is C23H29ClN2O2. The summed E-state index contributed by atoms with van der Waals surface area (Å²) in [5, 5.41) is 3.54. The van der Waals surface area contributed by atoms with Gasteiger partial charge in [-0.3, -0.25) is 9.59 Å². The van der Waals surface area contributed by atoms with E-state index >= 15 is 0 Å². The second kappa shape index (κ2) is 10.3. The van der Waals surface area contributed by atoms with Crippen molar-refractivity contribution in [2.75, 3.05) is 0 Å². The third kappa shape index (κ3) is 5.83. The molecule has 0 aromatic heterocycles. The molecular weight excluding hydrogens is 372 g/mol. The first-order chi connectivity index (χ1) is 13.3. The molecule has 2 aromatic rings. The summed E-state index contributed by atoms with van der Waals surface area (Å²) in [4.78, 5) is 27.5. The van der Waals surface area contributed by atoms with Crippen LogP contribution in [0.15, 0.2) is 48.5 Å². The molecule has 150 valence electrons. The van der Waals surface area contributed by atoms with E-state index in [0.29, 0.717) is 11.6 Å². The zero-order valence-corrected chi connectivity index (χ0v) is 17.8. The predicted octanol–water partition coefficient (Wildman–Crippen LogP) is 4.52. The van der Waals surface area contributed by atoms with Gasteiger partial charge >= 0.3 is 0 Å². The molecule has 0 spiro atoms. The first-order valence-corrected chi connectivity index (χ1v) is 10.1. The lowest BCUT2D eigenvalue weighted by Gasteiger charge is -2.30. The number of aryl methyl sites for hydroxylation is 1. The van der Waals surface area contributed by atoms with Gasteiger partial charge in [0.15, 0.2) is 0 Å². The molecule has 0 aliphatic heterocycles. The van der Waals surface area contributed by atoms with Crippen LogP contribution in [-0.2, 0) is 22.6 Å². The maximum Gasteiger partial charge on any atom is 0.242 e. The Balaban J connectivity index is 2.26. The van der Waals surface area contributed by atoms with E-state index in [1.807, 2.05) is 63.2 Å². The van der Waals surface area contributed by atoms with E-state index in [1.165, 1.54) is 0 Å². The van der Waals surface area contributed by atoms with Crippen LogP contribution < -0.4 is 5.32 Å². The molecule has 28 heavy (non-hydrogen) atoms. The van der Waals surface area contributed by atoms with E-state index in [0.717, 1.165) is 23.1 Å². The van der Waals surface area contributed by atoms with Crippen LogP contribution in [0.2, 0.25) is 5.02 Å². The highest BCUT2D eigenvalue weighted by molar-refractivity contribution is 6.31. The fraction of sp³-hybridized carbons (Fsp3) is 0.391. The van der Waals surface area contributed by atoms with Gasteiger partial charge in [0, 0.05) is 17.6 Å². The van der Waals surface area contributed by atoms with Crippen LogP contribution in [0.25, 0.3) is 0 Å². The molecule has 0 radical (unpaired) electrons. The summed E-state index contributed by atoms with van der Waals surface area (Å²) >= 11 is 6.24. The molecule has 0 saturated carbocycles. The van der Waals surface area contributed by atoms with Gasteiger partial charge in [-0.2, -0.15) is 0 Å². The molecule has 5 heteroatoms. The van der Waals surface area contributed by atoms with Crippen molar-refractivity contribution in [3.63, 3.8) is 0 Å². The van der Waals surface area contributed by atoms with Crippen molar-refractivity contribution >= 4 is 23.4 Å². The fourth-order valence-electron chi connectivity index (χ4n) is 2.93. The van der Waals surface area contributed by atoms with E-state index in [-0.39, 0.29) is 24.3 Å². The number of amides is 2. The van der Waals surface area contributed by atoms with Gasteiger partial charge in [0.2, 0.25) is 11.8 Å². The van der Waals surface area contributed by atoms with Gasteiger partial charge in [-0.25, -0.2) is 0 Å². The number of nitrogens with one attached hydrogen (secondary N) is 1. The predicted molar refractivity (Wildman–Crippen MR) is 114 cm³/mol. The van der Waals surface area contributed by atoms with Gasteiger partial charge in [-0.1, -0.05) is 61.0 Å². The van der Waals surface area contributed by atoms with Gasteiger partial charge < -0.3 is 10.2 Å². The average molecular weight is 401 g/mol. The van der Waals surface area contributed by atoms with Crippen LogP contribution in [-0.4, -0.2) is 28.8 Å². The lowest BCUT2D eigenvalue weighted by atomic mass is 10.1. The number of hydrogen-bond donors (Lipinski definition) is 1. The molecule has 0 bridgehead atoms. The normalized spacial score (nSPS) is 12.9. The number of carbonyl (C=O) groups is 2. The Morgan fingerprint density at radius 3 is 2.25 bits per heavy atom. The third-order valence-corrected chi connectivity index (χ3v) is 5.44. The van der Waals surface area contributed by atoms with Crippen molar-refractivity contribution in [2.45, 2.75) is 59.2 Å².